The molecule has 0 saturated carbocycles. The predicted octanol–water partition coefficient (Wildman–Crippen LogP) is 3.21. The summed E-state index contributed by atoms with van der Waals surface area (Å²) in [5, 5.41) is 11.2. The van der Waals surface area contributed by atoms with E-state index in [9.17, 15) is 13.2 Å². The Morgan fingerprint density at radius 1 is 1.43 bits per heavy atom. The Hall–Kier alpha value is -1.90. The molecule has 23 heavy (non-hydrogen) atoms. The van der Waals surface area contributed by atoms with Crippen LogP contribution in [0.4, 0.5) is 0 Å². The van der Waals surface area contributed by atoms with Gasteiger partial charge in [0, 0.05) is 22.2 Å². The monoisotopic (exact) mass is 370 g/mol. The van der Waals surface area contributed by atoms with Crippen LogP contribution >= 0.6 is 22.9 Å². The van der Waals surface area contributed by atoms with Crippen LogP contribution in [0.15, 0.2) is 34.7 Å². The van der Waals surface area contributed by atoms with Gasteiger partial charge in [-0.05, 0) is 18.2 Å². The molecule has 0 atom stereocenters. The summed E-state index contributed by atoms with van der Waals surface area (Å²) in [7, 11) is -3.45. The fourth-order valence-corrected chi connectivity index (χ4v) is 4.34. The van der Waals surface area contributed by atoms with Gasteiger partial charge in [-0.25, -0.2) is 18.2 Å². The van der Waals surface area contributed by atoms with Gasteiger partial charge in [0.1, 0.15) is 0 Å². The molecular formula is C14H11ClN2O4S2. The smallest absolute Gasteiger partial charge is 0.356 e. The molecule has 0 fully saturated rings. The quantitative estimate of drug-likeness (QED) is 0.761. The summed E-state index contributed by atoms with van der Waals surface area (Å²) in [6.07, 6.45) is 1.37. The number of carboxylic acids is 1. The average molecular weight is 371 g/mol. The number of rotatable bonds is 4. The largest absolute Gasteiger partial charge is 0.476 e. The van der Waals surface area contributed by atoms with Gasteiger partial charge in [-0.15, -0.1) is 11.3 Å². The molecule has 0 saturated heterocycles. The number of hydrogen-bond acceptors (Lipinski definition) is 5. The maximum absolute atomic E-state index is 12.3. The van der Waals surface area contributed by atoms with Gasteiger partial charge in [0.15, 0.2) is 20.5 Å². The van der Waals surface area contributed by atoms with Crippen LogP contribution in [0.3, 0.4) is 0 Å². The van der Waals surface area contributed by atoms with Crippen molar-refractivity contribution in [2.75, 3.05) is 5.75 Å². The lowest BCUT2D eigenvalue weighted by Gasteiger charge is -2.09. The number of sulfone groups is 1. The van der Waals surface area contributed by atoms with Crippen molar-refractivity contribution in [1.29, 1.82) is 0 Å². The minimum atomic E-state index is -3.45. The number of carbonyl (C=O) groups is 1. The van der Waals surface area contributed by atoms with E-state index in [1.54, 1.807) is 22.8 Å². The van der Waals surface area contributed by atoms with Crippen LogP contribution in [0, 0.1) is 0 Å². The Kier molecular flexibility index (Phi) is 3.91. The molecule has 120 valence electrons. The summed E-state index contributed by atoms with van der Waals surface area (Å²) < 4.78 is 26.2. The molecule has 0 aliphatic heterocycles. The number of nitrogens with zero attached hydrogens (tertiary/aromatic N) is 2. The Bertz CT molecular complexity index is 1020. The Morgan fingerprint density at radius 2 is 2.17 bits per heavy atom. The third-order valence-electron chi connectivity index (χ3n) is 3.36. The van der Waals surface area contributed by atoms with Gasteiger partial charge in [-0.1, -0.05) is 18.5 Å². The molecule has 0 aliphatic rings. The number of hydrogen-bond donors (Lipinski definition) is 1. The zero-order chi connectivity index (χ0) is 16.8. The van der Waals surface area contributed by atoms with E-state index >= 15 is 0 Å². The van der Waals surface area contributed by atoms with E-state index in [2.05, 4.69) is 4.98 Å². The molecule has 3 aromatic rings. The van der Waals surface area contributed by atoms with Gasteiger partial charge in [-0.2, -0.15) is 0 Å². The van der Waals surface area contributed by atoms with E-state index in [0.29, 0.717) is 21.2 Å². The molecule has 0 bridgehead atoms. The van der Waals surface area contributed by atoms with Crippen molar-refractivity contribution in [2.45, 2.75) is 11.8 Å². The van der Waals surface area contributed by atoms with Crippen molar-refractivity contribution in [2.24, 2.45) is 0 Å². The Balaban J connectivity index is 2.30. The first-order valence-corrected chi connectivity index (χ1v) is 9.47. The molecule has 0 radical (unpaired) electrons. The number of aromatic nitrogens is 2. The van der Waals surface area contributed by atoms with Crippen LogP contribution in [0.5, 0.6) is 0 Å². The second-order valence-corrected chi connectivity index (χ2v) is 8.27. The van der Waals surface area contributed by atoms with Gasteiger partial charge in [0.2, 0.25) is 0 Å². The lowest BCUT2D eigenvalue weighted by atomic mass is 10.2. The summed E-state index contributed by atoms with van der Waals surface area (Å²) in [5.74, 6) is -1.18. The van der Waals surface area contributed by atoms with Gasteiger partial charge in [-0.3, -0.25) is 4.40 Å². The van der Waals surface area contributed by atoms with E-state index in [0.717, 1.165) is 0 Å². The Labute approximate surface area is 140 Å². The maximum atomic E-state index is 12.3. The lowest BCUT2D eigenvalue weighted by molar-refractivity contribution is 0.0691. The molecule has 0 spiro atoms. The van der Waals surface area contributed by atoms with E-state index in [1.165, 1.54) is 29.7 Å². The lowest BCUT2D eigenvalue weighted by Crippen LogP contribution is -2.06. The maximum Gasteiger partial charge on any atom is 0.356 e. The van der Waals surface area contributed by atoms with Crippen molar-refractivity contribution in [3.05, 3.63) is 40.5 Å². The van der Waals surface area contributed by atoms with Crippen LogP contribution in [0.25, 0.3) is 16.2 Å². The summed E-state index contributed by atoms with van der Waals surface area (Å²) in [4.78, 5) is 15.7. The first kappa shape index (κ1) is 16.0. The Morgan fingerprint density at radius 3 is 2.83 bits per heavy atom. The zero-order valence-corrected chi connectivity index (χ0v) is 14.2. The highest BCUT2D eigenvalue weighted by molar-refractivity contribution is 7.91. The number of aromatic carboxylic acids is 1. The summed E-state index contributed by atoms with van der Waals surface area (Å²) in [6, 6.07) is 4.55. The van der Waals surface area contributed by atoms with Crippen LogP contribution in [-0.4, -0.2) is 34.6 Å². The standard InChI is InChI=1S/C14H11ClN2O4S2/c1-2-23(20,21)12-4-3-8(15)5-9(12)11-7-22-14-16-10(13(18)19)6-17(11)14/h3-7H,2H2,1H3,(H,18,19). The first-order valence-electron chi connectivity index (χ1n) is 6.56. The normalized spacial score (nSPS) is 11.9. The minimum absolute atomic E-state index is 0.0424. The summed E-state index contributed by atoms with van der Waals surface area (Å²) in [6.45, 7) is 1.57. The highest BCUT2D eigenvalue weighted by atomic mass is 35.5. The molecule has 2 aromatic heterocycles. The first-order chi connectivity index (χ1) is 10.8. The van der Waals surface area contributed by atoms with E-state index in [1.807, 2.05) is 0 Å². The van der Waals surface area contributed by atoms with Crippen LogP contribution in [0.2, 0.25) is 5.02 Å². The topological polar surface area (TPSA) is 88.7 Å². The van der Waals surface area contributed by atoms with Gasteiger partial charge >= 0.3 is 5.97 Å². The molecular weight excluding hydrogens is 360 g/mol. The average Bonchev–Trinajstić information content (AvgIpc) is 3.06. The minimum Gasteiger partial charge on any atom is -0.476 e. The predicted molar refractivity (Wildman–Crippen MR) is 88.2 cm³/mol. The fraction of sp³-hybridized carbons (Fsp3) is 0.143. The number of halogens is 1. The molecule has 6 nitrogen and oxygen atoms in total. The van der Waals surface area contributed by atoms with Gasteiger partial charge in [0.25, 0.3) is 0 Å². The number of imidazole rings is 1. The third kappa shape index (κ3) is 2.73. The van der Waals surface area contributed by atoms with Crippen molar-refractivity contribution in [3.63, 3.8) is 0 Å². The molecule has 3 rings (SSSR count). The van der Waals surface area contributed by atoms with Gasteiger partial charge < -0.3 is 5.11 Å². The number of thiazole rings is 1. The van der Waals surface area contributed by atoms with Crippen molar-refractivity contribution >= 4 is 43.7 Å². The van der Waals surface area contributed by atoms with Crippen LogP contribution < -0.4 is 0 Å². The van der Waals surface area contributed by atoms with Crippen LogP contribution in [-0.2, 0) is 9.84 Å². The highest BCUT2D eigenvalue weighted by Crippen LogP contribution is 2.33. The molecule has 0 aliphatic carbocycles. The van der Waals surface area contributed by atoms with Crippen molar-refractivity contribution < 1.29 is 18.3 Å². The SMILES string of the molecule is CCS(=O)(=O)c1ccc(Cl)cc1-c1csc2nc(C(=O)O)cn12. The van der Waals surface area contributed by atoms with Crippen LogP contribution in [0.1, 0.15) is 17.4 Å². The fourth-order valence-electron chi connectivity index (χ4n) is 2.21. The zero-order valence-electron chi connectivity index (χ0n) is 11.9. The third-order valence-corrected chi connectivity index (χ3v) is 6.22. The van der Waals surface area contributed by atoms with E-state index in [-0.39, 0.29) is 16.3 Å². The molecule has 0 amide bonds. The second kappa shape index (κ2) is 5.63. The summed E-state index contributed by atoms with van der Waals surface area (Å²) >= 11 is 7.25. The van der Waals surface area contributed by atoms with E-state index in [4.69, 9.17) is 16.7 Å². The molecule has 1 aromatic carbocycles. The van der Waals surface area contributed by atoms with Crippen molar-refractivity contribution in [1.82, 2.24) is 9.38 Å². The van der Waals surface area contributed by atoms with Crippen molar-refractivity contribution in [3.8, 4) is 11.3 Å². The number of carboxylic acid groups (broad SMARTS) is 1. The number of benzene rings is 1. The summed E-state index contributed by atoms with van der Waals surface area (Å²) in [5.41, 5.74) is 0.875. The molecule has 0 unspecified atom stereocenters. The highest BCUT2D eigenvalue weighted by Gasteiger charge is 2.21. The van der Waals surface area contributed by atoms with Gasteiger partial charge in [0.05, 0.1) is 16.3 Å². The molecule has 9 heteroatoms. The number of fused-ring (bicyclic) bond motifs is 1. The molecule has 1 N–H and O–H groups in total. The van der Waals surface area contributed by atoms with E-state index < -0.39 is 15.8 Å². The second-order valence-electron chi connectivity index (χ2n) is 4.75. The molecule has 2 heterocycles.